The average Bonchev–Trinajstić information content (AvgIpc) is 2.96. The lowest BCUT2D eigenvalue weighted by Crippen LogP contribution is -2.22. The SMILES string of the molecule is CCOc1ccc(/C=C/C(=O)NCc2nc3ccccc3n2C)cc1. The molecule has 0 saturated heterocycles. The van der Waals surface area contributed by atoms with Gasteiger partial charge in [0, 0.05) is 13.1 Å². The van der Waals surface area contributed by atoms with Gasteiger partial charge in [0.2, 0.25) is 5.91 Å². The normalized spacial score (nSPS) is 11.1. The summed E-state index contributed by atoms with van der Waals surface area (Å²) in [6, 6.07) is 15.5. The van der Waals surface area contributed by atoms with Gasteiger partial charge in [-0.15, -0.1) is 0 Å². The lowest BCUT2D eigenvalue weighted by Gasteiger charge is -2.04. The van der Waals surface area contributed by atoms with Crippen LogP contribution in [0.2, 0.25) is 0 Å². The highest BCUT2D eigenvalue weighted by Gasteiger charge is 2.07. The van der Waals surface area contributed by atoms with E-state index in [4.69, 9.17) is 4.74 Å². The van der Waals surface area contributed by atoms with Crippen molar-refractivity contribution in [2.45, 2.75) is 13.5 Å². The molecular weight excluding hydrogens is 314 g/mol. The molecule has 2 aromatic carbocycles. The predicted molar refractivity (Wildman–Crippen MR) is 99.2 cm³/mol. The van der Waals surface area contributed by atoms with Crippen molar-refractivity contribution in [3.8, 4) is 5.75 Å². The first-order chi connectivity index (χ1) is 12.2. The monoisotopic (exact) mass is 335 g/mol. The van der Waals surface area contributed by atoms with Crippen molar-refractivity contribution in [1.82, 2.24) is 14.9 Å². The van der Waals surface area contributed by atoms with E-state index >= 15 is 0 Å². The van der Waals surface area contributed by atoms with E-state index in [0.717, 1.165) is 28.2 Å². The van der Waals surface area contributed by atoms with E-state index < -0.39 is 0 Å². The quantitative estimate of drug-likeness (QED) is 0.703. The predicted octanol–water partition coefficient (Wildman–Crippen LogP) is 3.30. The van der Waals surface area contributed by atoms with Gasteiger partial charge in [-0.25, -0.2) is 4.98 Å². The van der Waals surface area contributed by atoms with Crippen molar-refractivity contribution in [1.29, 1.82) is 0 Å². The first kappa shape index (κ1) is 16.8. The van der Waals surface area contributed by atoms with E-state index in [9.17, 15) is 4.79 Å². The van der Waals surface area contributed by atoms with E-state index in [0.29, 0.717) is 13.2 Å². The van der Waals surface area contributed by atoms with E-state index in [2.05, 4.69) is 10.3 Å². The van der Waals surface area contributed by atoms with Gasteiger partial charge in [-0.1, -0.05) is 24.3 Å². The van der Waals surface area contributed by atoms with Crippen LogP contribution < -0.4 is 10.1 Å². The number of rotatable bonds is 6. The molecule has 3 aromatic rings. The molecule has 0 bridgehead atoms. The van der Waals surface area contributed by atoms with Crippen LogP contribution in [0.1, 0.15) is 18.3 Å². The highest BCUT2D eigenvalue weighted by Crippen LogP contribution is 2.14. The molecule has 5 nitrogen and oxygen atoms in total. The summed E-state index contributed by atoms with van der Waals surface area (Å²) in [6.07, 6.45) is 3.30. The number of fused-ring (bicyclic) bond motifs is 1. The number of aryl methyl sites for hydroxylation is 1. The van der Waals surface area contributed by atoms with Crippen LogP contribution in [0.5, 0.6) is 5.75 Å². The van der Waals surface area contributed by atoms with Crippen LogP contribution >= 0.6 is 0 Å². The molecule has 0 aliphatic rings. The number of benzene rings is 2. The number of carbonyl (C=O) groups excluding carboxylic acids is 1. The third kappa shape index (κ3) is 4.07. The van der Waals surface area contributed by atoms with Gasteiger partial charge in [-0.05, 0) is 42.8 Å². The number of amides is 1. The van der Waals surface area contributed by atoms with Crippen LogP contribution in [0.3, 0.4) is 0 Å². The second-order valence-electron chi connectivity index (χ2n) is 5.63. The highest BCUT2D eigenvalue weighted by molar-refractivity contribution is 5.91. The van der Waals surface area contributed by atoms with E-state index in [1.165, 1.54) is 6.08 Å². The summed E-state index contributed by atoms with van der Waals surface area (Å²) in [6.45, 7) is 2.97. The minimum absolute atomic E-state index is 0.152. The fraction of sp³-hybridized carbons (Fsp3) is 0.200. The second-order valence-corrected chi connectivity index (χ2v) is 5.63. The number of hydrogen-bond acceptors (Lipinski definition) is 3. The van der Waals surface area contributed by atoms with Gasteiger partial charge in [0.05, 0.1) is 24.2 Å². The van der Waals surface area contributed by atoms with E-state index in [-0.39, 0.29) is 5.91 Å². The van der Waals surface area contributed by atoms with Gasteiger partial charge < -0.3 is 14.6 Å². The first-order valence-corrected chi connectivity index (χ1v) is 8.26. The first-order valence-electron chi connectivity index (χ1n) is 8.26. The lowest BCUT2D eigenvalue weighted by atomic mass is 10.2. The molecule has 0 aliphatic heterocycles. The Labute approximate surface area is 146 Å². The molecular formula is C20H21N3O2. The smallest absolute Gasteiger partial charge is 0.244 e. The van der Waals surface area contributed by atoms with E-state index in [1.54, 1.807) is 6.08 Å². The number of imidazole rings is 1. The number of hydrogen-bond donors (Lipinski definition) is 1. The molecule has 0 saturated carbocycles. The molecule has 1 heterocycles. The Morgan fingerprint density at radius 3 is 2.68 bits per heavy atom. The maximum atomic E-state index is 12.0. The summed E-state index contributed by atoms with van der Waals surface area (Å²) < 4.78 is 7.39. The van der Waals surface area contributed by atoms with Crippen LogP contribution in [0.15, 0.2) is 54.6 Å². The topological polar surface area (TPSA) is 56.1 Å². The van der Waals surface area contributed by atoms with Gasteiger partial charge in [0.1, 0.15) is 11.6 Å². The van der Waals surface area contributed by atoms with Crippen LogP contribution in [-0.2, 0) is 18.4 Å². The maximum Gasteiger partial charge on any atom is 0.244 e. The van der Waals surface area contributed by atoms with Crippen molar-refractivity contribution in [2.75, 3.05) is 6.61 Å². The molecule has 1 amide bonds. The summed E-state index contributed by atoms with van der Waals surface area (Å²) in [7, 11) is 1.95. The molecule has 128 valence electrons. The third-order valence-corrected chi connectivity index (χ3v) is 3.92. The lowest BCUT2D eigenvalue weighted by molar-refractivity contribution is -0.116. The zero-order valence-corrected chi connectivity index (χ0v) is 14.4. The van der Waals surface area contributed by atoms with Gasteiger partial charge >= 0.3 is 0 Å². The van der Waals surface area contributed by atoms with Crippen molar-refractivity contribution in [2.24, 2.45) is 7.05 Å². The maximum absolute atomic E-state index is 12.0. The third-order valence-electron chi connectivity index (χ3n) is 3.92. The fourth-order valence-electron chi connectivity index (χ4n) is 2.59. The molecule has 0 aliphatic carbocycles. The summed E-state index contributed by atoms with van der Waals surface area (Å²) in [5.74, 6) is 1.50. The summed E-state index contributed by atoms with van der Waals surface area (Å²) in [5, 5.41) is 2.87. The number of para-hydroxylation sites is 2. The molecule has 5 heteroatoms. The molecule has 3 rings (SSSR count). The molecule has 1 aromatic heterocycles. The molecule has 25 heavy (non-hydrogen) atoms. The van der Waals surface area contributed by atoms with E-state index in [1.807, 2.05) is 67.1 Å². The van der Waals surface area contributed by atoms with Gasteiger partial charge in [-0.2, -0.15) is 0 Å². The minimum Gasteiger partial charge on any atom is -0.494 e. The Balaban J connectivity index is 1.59. The largest absolute Gasteiger partial charge is 0.494 e. The molecule has 0 fully saturated rings. The Morgan fingerprint density at radius 2 is 1.96 bits per heavy atom. The number of nitrogens with one attached hydrogen (secondary N) is 1. The zero-order valence-electron chi connectivity index (χ0n) is 14.4. The Kier molecular flexibility index (Phi) is 5.14. The number of nitrogens with zero attached hydrogens (tertiary/aromatic N) is 2. The van der Waals surface area contributed by atoms with Crippen molar-refractivity contribution >= 4 is 23.0 Å². The summed E-state index contributed by atoms with van der Waals surface area (Å²) in [5.41, 5.74) is 2.93. The van der Waals surface area contributed by atoms with Crippen molar-refractivity contribution < 1.29 is 9.53 Å². The Morgan fingerprint density at radius 1 is 1.20 bits per heavy atom. The van der Waals surface area contributed by atoms with Gasteiger partial charge in [0.15, 0.2) is 0 Å². The summed E-state index contributed by atoms with van der Waals surface area (Å²) >= 11 is 0. The van der Waals surface area contributed by atoms with Crippen LogP contribution in [0.4, 0.5) is 0 Å². The molecule has 1 N–H and O–H groups in total. The summed E-state index contributed by atoms with van der Waals surface area (Å²) in [4.78, 5) is 16.6. The highest BCUT2D eigenvalue weighted by atomic mass is 16.5. The second kappa shape index (κ2) is 7.66. The minimum atomic E-state index is -0.152. The Hall–Kier alpha value is -3.08. The number of carbonyl (C=O) groups is 1. The van der Waals surface area contributed by atoms with Crippen molar-refractivity contribution in [3.05, 3.63) is 66.0 Å². The van der Waals surface area contributed by atoms with Crippen LogP contribution in [0.25, 0.3) is 17.1 Å². The molecule has 0 atom stereocenters. The van der Waals surface area contributed by atoms with Crippen molar-refractivity contribution in [3.63, 3.8) is 0 Å². The standard InChI is InChI=1S/C20H21N3O2/c1-3-25-16-11-8-15(9-12-16)10-13-20(24)21-14-19-22-17-6-4-5-7-18(17)23(19)2/h4-13H,3,14H2,1-2H3,(H,21,24)/b13-10+. The molecule has 0 spiro atoms. The molecule has 0 unspecified atom stereocenters. The van der Waals surface area contributed by atoms with Gasteiger partial charge in [0.25, 0.3) is 0 Å². The van der Waals surface area contributed by atoms with Gasteiger partial charge in [-0.3, -0.25) is 4.79 Å². The zero-order chi connectivity index (χ0) is 17.6. The number of aromatic nitrogens is 2. The Bertz CT molecular complexity index is 895. The van der Waals surface area contributed by atoms with Crippen LogP contribution in [-0.4, -0.2) is 22.1 Å². The number of ether oxygens (including phenoxy) is 1. The van der Waals surface area contributed by atoms with Crippen LogP contribution in [0, 0.1) is 0 Å². The molecule has 0 radical (unpaired) electrons. The fourth-order valence-corrected chi connectivity index (χ4v) is 2.59. The average molecular weight is 335 g/mol.